The molecule has 8 rings (SSSR count). The second kappa shape index (κ2) is 13.5. The van der Waals surface area contributed by atoms with E-state index in [1.54, 1.807) is 34.2 Å². The number of aromatic amines is 2. The summed E-state index contributed by atoms with van der Waals surface area (Å²) >= 11 is 0. The average molecular weight is 719 g/mol. The van der Waals surface area contributed by atoms with Crippen LogP contribution >= 0.6 is 0 Å². The Morgan fingerprint density at radius 3 is 2.40 bits per heavy atom. The fourth-order valence-corrected chi connectivity index (χ4v) is 7.22. The second-order valence-corrected chi connectivity index (χ2v) is 14.6. The number of imidazole rings is 2. The highest BCUT2D eigenvalue weighted by Gasteiger charge is 2.35. The van der Waals surface area contributed by atoms with Gasteiger partial charge >= 0.3 is 12.2 Å². The third-order valence-corrected chi connectivity index (χ3v) is 9.76. The summed E-state index contributed by atoms with van der Waals surface area (Å²) in [6.07, 6.45) is 5.49. The van der Waals surface area contributed by atoms with Crippen LogP contribution in [0.2, 0.25) is 0 Å². The van der Waals surface area contributed by atoms with Gasteiger partial charge in [0.25, 0.3) is 0 Å². The SMILES string of the molecule is CC(C)(C)OC(=O)N1CCC[C@H]1c1ncc(-c2cc3oc4ccc(-c5ncc([C@@H]6CCCN6C(=O)OCc6ccccc6)[nH]5)cc4c(=O)c3cc2F)[nH]1. The van der Waals surface area contributed by atoms with Crippen LogP contribution < -0.4 is 5.43 Å². The van der Waals surface area contributed by atoms with Crippen molar-refractivity contribution in [2.45, 2.75) is 70.7 Å². The van der Waals surface area contributed by atoms with Crippen molar-refractivity contribution >= 4 is 34.1 Å². The van der Waals surface area contributed by atoms with Gasteiger partial charge in [-0.25, -0.2) is 23.9 Å². The van der Waals surface area contributed by atoms with Crippen molar-refractivity contribution in [1.82, 2.24) is 29.7 Å². The number of halogens is 1. The zero-order valence-corrected chi connectivity index (χ0v) is 29.6. The van der Waals surface area contributed by atoms with E-state index in [2.05, 4.69) is 19.9 Å². The standard InChI is InChI=1S/C40H39FN6O6/c1-40(2,3)53-39(50)47-16-8-12-32(47)37-43-20-29(44-37)25-19-34-27(18-28(25)41)35(48)26-17-24(13-14-33(26)52-34)36-42-21-30(45-36)31-11-7-15-46(31)38(49)51-22-23-9-5-4-6-10-23/h4-6,9-10,13-14,17-21,31-32H,7-8,11-12,15-16,22H2,1-3H3,(H,42,45)(H,43,44)/t31-,32-/m0/s1. The maximum absolute atomic E-state index is 15.7. The molecule has 6 aromatic rings. The van der Waals surface area contributed by atoms with Crippen LogP contribution in [0.15, 0.2) is 82.3 Å². The molecule has 2 fully saturated rings. The summed E-state index contributed by atoms with van der Waals surface area (Å²) < 4.78 is 33.1. The number of hydrogen-bond acceptors (Lipinski definition) is 8. The molecular weight excluding hydrogens is 679 g/mol. The molecule has 2 atom stereocenters. The van der Waals surface area contributed by atoms with Crippen molar-refractivity contribution in [2.24, 2.45) is 0 Å². The number of carbonyl (C=O) groups excluding carboxylic acids is 2. The number of carbonyl (C=O) groups is 2. The third-order valence-electron chi connectivity index (χ3n) is 9.76. The van der Waals surface area contributed by atoms with Crippen LogP contribution in [-0.2, 0) is 16.1 Å². The number of aromatic nitrogens is 4. The molecule has 2 aliphatic heterocycles. The highest BCUT2D eigenvalue weighted by molar-refractivity contribution is 5.93. The maximum Gasteiger partial charge on any atom is 0.410 e. The number of nitrogens with one attached hydrogen (secondary N) is 2. The molecule has 0 radical (unpaired) electrons. The fourth-order valence-electron chi connectivity index (χ4n) is 7.22. The Morgan fingerprint density at radius 2 is 1.62 bits per heavy atom. The molecule has 0 aliphatic carbocycles. The number of fused-ring (bicyclic) bond motifs is 2. The zero-order valence-electron chi connectivity index (χ0n) is 29.6. The van der Waals surface area contributed by atoms with Gasteiger partial charge in [-0.1, -0.05) is 30.3 Å². The molecule has 3 aromatic carbocycles. The molecule has 2 saturated heterocycles. The molecule has 0 unspecified atom stereocenters. The Bertz CT molecular complexity index is 2400. The number of nitrogens with zero attached hydrogens (tertiary/aromatic N) is 4. The largest absolute Gasteiger partial charge is 0.456 e. The first kappa shape index (κ1) is 34.1. The Kier molecular flexibility index (Phi) is 8.71. The predicted molar refractivity (Wildman–Crippen MR) is 195 cm³/mol. The van der Waals surface area contributed by atoms with Gasteiger partial charge in [-0.2, -0.15) is 0 Å². The van der Waals surface area contributed by atoms with Gasteiger partial charge in [-0.15, -0.1) is 0 Å². The summed E-state index contributed by atoms with van der Waals surface area (Å²) in [5, 5.41) is 0.373. The molecule has 0 spiro atoms. The van der Waals surface area contributed by atoms with Gasteiger partial charge in [0.05, 0.1) is 46.6 Å². The predicted octanol–water partition coefficient (Wildman–Crippen LogP) is 8.41. The average Bonchev–Trinajstić information content (AvgIpc) is 3.97. The smallest absolute Gasteiger partial charge is 0.410 e. The number of rotatable bonds is 6. The quantitative estimate of drug-likeness (QED) is 0.163. The van der Waals surface area contributed by atoms with Crippen molar-refractivity contribution in [2.75, 3.05) is 13.1 Å². The molecule has 2 amide bonds. The molecule has 0 saturated carbocycles. The van der Waals surface area contributed by atoms with E-state index in [-0.39, 0.29) is 52.1 Å². The summed E-state index contributed by atoms with van der Waals surface area (Å²) in [6, 6.07) is 16.8. The normalized spacial score (nSPS) is 17.6. The first-order valence-corrected chi connectivity index (χ1v) is 17.8. The number of likely N-dealkylation sites (tertiary alicyclic amines) is 2. The van der Waals surface area contributed by atoms with Crippen molar-refractivity contribution < 1.29 is 27.9 Å². The fraction of sp³-hybridized carbons (Fsp3) is 0.325. The van der Waals surface area contributed by atoms with E-state index >= 15 is 4.39 Å². The van der Waals surface area contributed by atoms with Gasteiger partial charge in [0.2, 0.25) is 5.43 Å². The minimum Gasteiger partial charge on any atom is -0.456 e. The Labute approximate surface area is 303 Å². The van der Waals surface area contributed by atoms with Crippen molar-refractivity contribution in [1.29, 1.82) is 0 Å². The number of amides is 2. The van der Waals surface area contributed by atoms with Crippen molar-refractivity contribution in [3.8, 4) is 22.6 Å². The van der Waals surface area contributed by atoms with E-state index < -0.39 is 17.5 Å². The topological polar surface area (TPSA) is 147 Å². The minimum absolute atomic E-state index is 0.0956. The molecule has 2 N–H and O–H groups in total. The molecule has 13 heteroatoms. The van der Waals surface area contributed by atoms with Gasteiger partial charge in [0.1, 0.15) is 40.8 Å². The lowest BCUT2D eigenvalue weighted by atomic mass is 10.1. The van der Waals surface area contributed by atoms with Gasteiger partial charge in [0, 0.05) is 24.2 Å². The lowest BCUT2D eigenvalue weighted by molar-refractivity contribution is 0.0218. The molecule has 5 heterocycles. The monoisotopic (exact) mass is 718 g/mol. The summed E-state index contributed by atoms with van der Waals surface area (Å²) in [5.74, 6) is 0.431. The Morgan fingerprint density at radius 1 is 0.887 bits per heavy atom. The van der Waals surface area contributed by atoms with Gasteiger partial charge in [-0.3, -0.25) is 14.6 Å². The van der Waals surface area contributed by atoms with Crippen LogP contribution in [0.4, 0.5) is 14.0 Å². The van der Waals surface area contributed by atoms with Gasteiger partial charge in [-0.05, 0) is 82.3 Å². The van der Waals surface area contributed by atoms with Crippen LogP contribution in [-0.4, -0.2) is 60.6 Å². The minimum atomic E-state index is -0.635. The van der Waals surface area contributed by atoms with Crippen LogP contribution in [0.5, 0.6) is 0 Å². The molecule has 53 heavy (non-hydrogen) atoms. The van der Waals surface area contributed by atoms with E-state index in [1.807, 2.05) is 51.1 Å². The van der Waals surface area contributed by atoms with Crippen LogP contribution in [0, 0.1) is 5.82 Å². The van der Waals surface area contributed by atoms with Crippen molar-refractivity contribution in [3.05, 3.63) is 106 Å². The molecule has 0 bridgehead atoms. The molecule has 2 aliphatic rings. The molecule has 12 nitrogen and oxygen atoms in total. The summed E-state index contributed by atoms with van der Waals surface area (Å²) in [4.78, 5) is 58.5. The lowest BCUT2D eigenvalue weighted by Gasteiger charge is -2.27. The van der Waals surface area contributed by atoms with E-state index in [9.17, 15) is 14.4 Å². The number of ether oxygens (including phenoxy) is 2. The number of hydrogen-bond donors (Lipinski definition) is 2. The maximum atomic E-state index is 15.7. The van der Waals surface area contributed by atoms with E-state index in [1.165, 1.54) is 18.3 Å². The van der Waals surface area contributed by atoms with Crippen molar-refractivity contribution in [3.63, 3.8) is 0 Å². The van der Waals surface area contributed by atoms with Crippen LogP contribution in [0.3, 0.4) is 0 Å². The highest BCUT2D eigenvalue weighted by Crippen LogP contribution is 2.36. The molecule has 272 valence electrons. The summed E-state index contributed by atoms with van der Waals surface area (Å²) in [5.41, 5.74) is 2.44. The van der Waals surface area contributed by atoms with E-state index in [0.29, 0.717) is 48.0 Å². The zero-order chi connectivity index (χ0) is 36.9. The molecular formula is C40H39FN6O6. The first-order valence-electron chi connectivity index (χ1n) is 17.8. The summed E-state index contributed by atoms with van der Waals surface area (Å²) in [7, 11) is 0. The highest BCUT2D eigenvalue weighted by atomic mass is 19.1. The lowest BCUT2D eigenvalue weighted by Crippen LogP contribution is -2.36. The first-order chi connectivity index (χ1) is 25.5. The van der Waals surface area contributed by atoms with Crippen LogP contribution in [0.1, 0.15) is 75.6 Å². The Hall–Kier alpha value is -5.98. The Balaban J connectivity index is 1.03. The van der Waals surface area contributed by atoms with Gasteiger partial charge < -0.3 is 23.9 Å². The number of H-pyrrole nitrogens is 2. The third kappa shape index (κ3) is 6.74. The van der Waals surface area contributed by atoms with Crippen LogP contribution in [0.25, 0.3) is 44.6 Å². The number of benzene rings is 3. The second-order valence-electron chi connectivity index (χ2n) is 14.6. The van der Waals surface area contributed by atoms with Gasteiger partial charge in [0.15, 0.2) is 0 Å². The van der Waals surface area contributed by atoms with E-state index in [0.717, 1.165) is 30.5 Å². The van der Waals surface area contributed by atoms with E-state index in [4.69, 9.17) is 13.9 Å². The molecule has 3 aromatic heterocycles. The summed E-state index contributed by atoms with van der Waals surface area (Å²) in [6.45, 7) is 6.75.